The van der Waals surface area contributed by atoms with Crippen LogP contribution in [0.1, 0.15) is 5.69 Å². The number of nitrogens with one attached hydrogen (secondary N) is 1. The molecule has 0 bridgehead atoms. The number of rotatable bonds is 5. The average molecular weight is 296 g/mol. The van der Waals surface area contributed by atoms with E-state index in [9.17, 15) is 9.59 Å². The highest BCUT2D eigenvalue weighted by molar-refractivity contribution is 7.14. The van der Waals surface area contributed by atoms with Crippen LogP contribution < -0.4 is 5.32 Å². The zero-order chi connectivity index (χ0) is 12.8. The molecular weight excluding hydrogens is 289 g/mol. The Bertz CT molecular complexity index is 461. The van der Waals surface area contributed by atoms with Crippen LogP contribution in [0.15, 0.2) is 10.5 Å². The minimum atomic E-state index is -0.799. The first-order chi connectivity index (χ1) is 8.08. The maximum atomic E-state index is 11.0. The maximum absolute atomic E-state index is 11.0. The smallest absolute Gasteiger partial charge is 0.276 e. The van der Waals surface area contributed by atoms with Crippen molar-refractivity contribution in [3.63, 3.8) is 0 Å². The highest BCUT2D eigenvalue weighted by atomic mass is 35.5. The van der Waals surface area contributed by atoms with E-state index in [1.807, 2.05) is 0 Å². The van der Waals surface area contributed by atoms with Gasteiger partial charge in [-0.2, -0.15) is 0 Å². The Hall–Kier alpha value is -1.18. The molecule has 1 aromatic heterocycles. The number of carbonyl (C=O) groups is 2. The number of carbonyl (C=O) groups excluding carboxylic acids is 2. The van der Waals surface area contributed by atoms with Crippen molar-refractivity contribution in [1.82, 2.24) is 4.98 Å². The summed E-state index contributed by atoms with van der Waals surface area (Å²) in [5.74, 6) is -0.572. The number of halogens is 2. The van der Waals surface area contributed by atoms with Crippen LogP contribution in [0.4, 0.5) is 5.13 Å². The Kier molecular flexibility index (Phi) is 5.33. The van der Waals surface area contributed by atoms with Crippen LogP contribution in [0, 0.1) is 0 Å². The van der Waals surface area contributed by atoms with E-state index in [2.05, 4.69) is 20.3 Å². The molecule has 0 fully saturated rings. The van der Waals surface area contributed by atoms with E-state index in [0.717, 1.165) is 11.3 Å². The number of anilines is 1. The van der Waals surface area contributed by atoms with Gasteiger partial charge >= 0.3 is 0 Å². The highest BCUT2D eigenvalue weighted by Crippen LogP contribution is 2.17. The molecule has 1 amide bonds. The van der Waals surface area contributed by atoms with Gasteiger partial charge in [-0.1, -0.05) is 5.16 Å². The molecule has 0 aliphatic heterocycles. The van der Waals surface area contributed by atoms with Gasteiger partial charge in [0.05, 0.1) is 0 Å². The molecule has 17 heavy (non-hydrogen) atoms. The SMILES string of the molecule is CO/N=C(\C(=O)Cl)c1csc(NC(=O)CCl)n1. The van der Waals surface area contributed by atoms with Crippen LogP contribution in [0.2, 0.25) is 0 Å². The van der Waals surface area contributed by atoms with Gasteiger partial charge in [0.15, 0.2) is 10.8 Å². The molecule has 0 spiro atoms. The molecule has 1 heterocycles. The zero-order valence-corrected chi connectivity index (χ0v) is 10.9. The molecule has 0 aliphatic carbocycles. The number of oxime groups is 1. The second-order valence-corrected chi connectivity index (χ2v) is 4.08. The molecule has 0 aromatic carbocycles. The molecule has 9 heteroatoms. The number of nitrogens with zero attached hydrogens (tertiary/aromatic N) is 2. The predicted octanol–water partition coefficient (Wildman–Crippen LogP) is 1.44. The molecule has 92 valence electrons. The van der Waals surface area contributed by atoms with Gasteiger partial charge in [-0.05, 0) is 11.6 Å². The van der Waals surface area contributed by atoms with Crippen molar-refractivity contribution in [3.8, 4) is 0 Å². The first-order valence-electron chi connectivity index (χ1n) is 4.21. The third kappa shape index (κ3) is 3.95. The maximum Gasteiger partial charge on any atom is 0.276 e. The van der Waals surface area contributed by atoms with Crippen molar-refractivity contribution in [1.29, 1.82) is 0 Å². The number of hydrogen-bond donors (Lipinski definition) is 1. The quantitative estimate of drug-likeness (QED) is 0.386. The van der Waals surface area contributed by atoms with E-state index < -0.39 is 11.1 Å². The summed E-state index contributed by atoms with van der Waals surface area (Å²) in [6, 6.07) is 0. The van der Waals surface area contributed by atoms with Gasteiger partial charge in [0, 0.05) is 5.38 Å². The zero-order valence-electron chi connectivity index (χ0n) is 8.57. The summed E-state index contributed by atoms with van der Waals surface area (Å²) in [6.07, 6.45) is 0. The highest BCUT2D eigenvalue weighted by Gasteiger charge is 2.17. The second-order valence-electron chi connectivity index (χ2n) is 2.62. The molecule has 0 aliphatic rings. The Morgan fingerprint density at radius 3 is 2.88 bits per heavy atom. The molecule has 1 rings (SSSR count). The lowest BCUT2D eigenvalue weighted by Crippen LogP contribution is -2.14. The first kappa shape index (κ1) is 13.9. The fourth-order valence-electron chi connectivity index (χ4n) is 0.867. The number of amides is 1. The van der Waals surface area contributed by atoms with Crippen LogP contribution in [-0.4, -0.2) is 34.8 Å². The number of hydrogen-bond acceptors (Lipinski definition) is 6. The summed E-state index contributed by atoms with van der Waals surface area (Å²) < 4.78 is 0. The monoisotopic (exact) mass is 295 g/mol. The summed E-state index contributed by atoms with van der Waals surface area (Å²) in [4.78, 5) is 30.4. The lowest BCUT2D eigenvalue weighted by Gasteiger charge is -1.96. The van der Waals surface area contributed by atoms with Gasteiger partial charge in [0.1, 0.15) is 18.7 Å². The van der Waals surface area contributed by atoms with E-state index in [1.165, 1.54) is 12.5 Å². The Morgan fingerprint density at radius 1 is 1.65 bits per heavy atom. The van der Waals surface area contributed by atoms with Gasteiger partial charge < -0.3 is 10.2 Å². The molecule has 1 N–H and O–H groups in total. The summed E-state index contributed by atoms with van der Waals surface area (Å²) in [5.41, 5.74) is 0.0958. The van der Waals surface area contributed by atoms with Crippen molar-refractivity contribution in [2.75, 3.05) is 18.3 Å². The van der Waals surface area contributed by atoms with Crippen LogP contribution in [0.3, 0.4) is 0 Å². The van der Waals surface area contributed by atoms with Crippen LogP contribution in [-0.2, 0) is 14.4 Å². The summed E-state index contributed by atoms with van der Waals surface area (Å²) >= 11 is 11.7. The Balaban J connectivity index is 2.89. The Morgan fingerprint density at radius 2 is 2.35 bits per heavy atom. The van der Waals surface area contributed by atoms with Crippen LogP contribution in [0.25, 0.3) is 0 Å². The third-order valence-electron chi connectivity index (χ3n) is 1.48. The van der Waals surface area contributed by atoms with Crippen LogP contribution >= 0.6 is 34.5 Å². The van der Waals surface area contributed by atoms with Crippen molar-refractivity contribution in [2.24, 2.45) is 5.16 Å². The molecule has 0 saturated carbocycles. The first-order valence-corrected chi connectivity index (χ1v) is 6.00. The van der Waals surface area contributed by atoms with E-state index in [4.69, 9.17) is 23.2 Å². The predicted molar refractivity (Wildman–Crippen MR) is 65.9 cm³/mol. The molecule has 0 atom stereocenters. The van der Waals surface area contributed by atoms with Crippen LogP contribution in [0.5, 0.6) is 0 Å². The number of alkyl halides is 1. The number of thiazole rings is 1. The van der Waals surface area contributed by atoms with Gasteiger partial charge in [-0.15, -0.1) is 22.9 Å². The molecule has 1 aromatic rings. The van der Waals surface area contributed by atoms with Gasteiger partial charge in [0.2, 0.25) is 5.91 Å². The summed E-state index contributed by atoms with van der Waals surface area (Å²) in [7, 11) is 1.28. The minimum Gasteiger partial charge on any atom is -0.398 e. The van der Waals surface area contributed by atoms with E-state index in [1.54, 1.807) is 0 Å². The fraction of sp³-hybridized carbons (Fsp3) is 0.250. The molecule has 0 radical (unpaired) electrons. The third-order valence-corrected chi connectivity index (χ3v) is 2.66. The lowest BCUT2D eigenvalue weighted by molar-refractivity contribution is -0.114. The van der Waals surface area contributed by atoms with Crippen molar-refractivity contribution in [2.45, 2.75) is 0 Å². The van der Waals surface area contributed by atoms with Crippen molar-refractivity contribution in [3.05, 3.63) is 11.1 Å². The Labute approximate surface area is 111 Å². The van der Waals surface area contributed by atoms with E-state index in [-0.39, 0.29) is 17.3 Å². The molecular formula is C8H7Cl2N3O3S. The second kappa shape index (κ2) is 6.53. The average Bonchev–Trinajstić information content (AvgIpc) is 2.73. The largest absolute Gasteiger partial charge is 0.398 e. The van der Waals surface area contributed by atoms with Crippen molar-refractivity contribution >= 4 is 56.5 Å². The summed E-state index contributed by atoms with van der Waals surface area (Å²) in [6.45, 7) is 0. The van der Waals surface area contributed by atoms with Gasteiger partial charge in [-0.25, -0.2) is 4.98 Å². The molecule has 6 nitrogen and oxygen atoms in total. The topological polar surface area (TPSA) is 80.6 Å². The van der Waals surface area contributed by atoms with E-state index >= 15 is 0 Å². The number of aromatic nitrogens is 1. The molecule has 0 saturated heterocycles. The molecule has 0 unspecified atom stereocenters. The van der Waals surface area contributed by atoms with Gasteiger partial charge in [0.25, 0.3) is 5.24 Å². The normalized spacial score (nSPS) is 11.1. The fourth-order valence-corrected chi connectivity index (χ4v) is 1.78. The minimum absolute atomic E-state index is 0.128. The van der Waals surface area contributed by atoms with Crippen molar-refractivity contribution < 1.29 is 14.4 Å². The standard InChI is InChI=1S/C8H7Cl2N3O3S/c1-16-13-6(7(10)15)4-3-17-8(11-4)12-5(14)2-9/h3H,2H2,1H3,(H,11,12,14)/b13-6-. The lowest BCUT2D eigenvalue weighted by atomic mass is 10.3. The summed E-state index contributed by atoms with van der Waals surface area (Å²) in [5, 5.41) is 6.90. The van der Waals surface area contributed by atoms with Gasteiger partial charge in [-0.3, -0.25) is 9.59 Å². The van der Waals surface area contributed by atoms with E-state index in [0.29, 0.717) is 5.13 Å².